The molecule has 0 aliphatic rings. The van der Waals surface area contributed by atoms with E-state index in [2.05, 4.69) is 56.9 Å². The third-order valence-electron chi connectivity index (χ3n) is 3.29. The van der Waals surface area contributed by atoms with Crippen LogP contribution in [-0.4, -0.2) is 62.2 Å². The van der Waals surface area contributed by atoms with E-state index >= 15 is 0 Å². The predicted octanol–water partition coefficient (Wildman–Crippen LogP) is 2.04. The molecule has 0 amide bonds. The first kappa shape index (κ1) is 16.9. The van der Waals surface area contributed by atoms with E-state index in [0.717, 1.165) is 19.6 Å². The van der Waals surface area contributed by atoms with Gasteiger partial charge in [0, 0.05) is 25.2 Å². The highest BCUT2D eigenvalue weighted by molar-refractivity contribution is 4.75. The molecule has 3 nitrogen and oxygen atoms in total. The molecule has 0 saturated heterocycles. The van der Waals surface area contributed by atoms with Crippen LogP contribution in [0.15, 0.2) is 0 Å². The summed E-state index contributed by atoms with van der Waals surface area (Å²) in [5, 5.41) is 3.64. The molecule has 0 spiro atoms. The molecule has 3 heteroatoms. The van der Waals surface area contributed by atoms with Crippen LogP contribution in [0.1, 0.15) is 40.5 Å². The minimum Gasteiger partial charge on any atom is -0.313 e. The molecule has 0 aromatic rings. The average Bonchev–Trinajstić information content (AvgIpc) is 2.28. The first-order valence-electron chi connectivity index (χ1n) is 7.17. The van der Waals surface area contributed by atoms with Gasteiger partial charge in [-0.1, -0.05) is 20.8 Å². The molecule has 0 rings (SSSR count). The Balaban J connectivity index is 4.15. The van der Waals surface area contributed by atoms with Crippen LogP contribution in [0.25, 0.3) is 0 Å². The summed E-state index contributed by atoms with van der Waals surface area (Å²) in [5.74, 6) is 0. The first-order valence-corrected chi connectivity index (χ1v) is 7.17. The second kappa shape index (κ2) is 9.86. The van der Waals surface area contributed by atoms with Gasteiger partial charge < -0.3 is 10.2 Å². The SMILES string of the molecule is CCCNC(CC)CN(CC)C(C)CN(C)C. The quantitative estimate of drug-likeness (QED) is 0.633. The lowest BCUT2D eigenvalue weighted by Crippen LogP contribution is -2.47. The number of nitrogens with zero attached hydrogens (tertiary/aromatic N) is 2. The van der Waals surface area contributed by atoms with Gasteiger partial charge in [0.25, 0.3) is 0 Å². The molecule has 0 fully saturated rings. The summed E-state index contributed by atoms with van der Waals surface area (Å²) in [4.78, 5) is 4.85. The fraction of sp³-hybridized carbons (Fsp3) is 1.00. The zero-order valence-electron chi connectivity index (χ0n) is 12.8. The minimum absolute atomic E-state index is 0.632. The van der Waals surface area contributed by atoms with Crippen molar-refractivity contribution in [1.82, 2.24) is 15.1 Å². The highest BCUT2D eigenvalue weighted by atomic mass is 15.2. The molecular formula is C14H33N3. The fourth-order valence-corrected chi connectivity index (χ4v) is 2.23. The van der Waals surface area contributed by atoms with Gasteiger partial charge in [-0.25, -0.2) is 0 Å². The number of rotatable bonds is 10. The van der Waals surface area contributed by atoms with Crippen molar-refractivity contribution in [3.8, 4) is 0 Å². The van der Waals surface area contributed by atoms with Crippen LogP contribution in [0, 0.1) is 0 Å². The van der Waals surface area contributed by atoms with E-state index in [9.17, 15) is 0 Å². The van der Waals surface area contributed by atoms with E-state index in [1.807, 2.05) is 0 Å². The number of nitrogens with one attached hydrogen (secondary N) is 1. The smallest absolute Gasteiger partial charge is 0.0195 e. The molecule has 0 aromatic carbocycles. The zero-order valence-corrected chi connectivity index (χ0v) is 12.8. The van der Waals surface area contributed by atoms with Gasteiger partial charge in [0.05, 0.1) is 0 Å². The van der Waals surface area contributed by atoms with Gasteiger partial charge in [-0.15, -0.1) is 0 Å². The van der Waals surface area contributed by atoms with Crippen LogP contribution >= 0.6 is 0 Å². The molecule has 0 bridgehead atoms. The third-order valence-corrected chi connectivity index (χ3v) is 3.29. The zero-order chi connectivity index (χ0) is 13.3. The van der Waals surface area contributed by atoms with E-state index in [1.54, 1.807) is 0 Å². The summed E-state index contributed by atoms with van der Waals surface area (Å²) in [6, 6.07) is 1.27. The van der Waals surface area contributed by atoms with E-state index in [0.29, 0.717) is 12.1 Å². The summed E-state index contributed by atoms with van der Waals surface area (Å²) in [6.45, 7) is 13.7. The fourth-order valence-electron chi connectivity index (χ4n) is 2.23. The van der Waals surface area contributed by atoms with Crippen molar-refractivity contribution >= 4 is 0 Å². The Kier molecular flexibility index (Phi) is 9.79. The molecule has 17 heavy (non-hydrogen) atoms. The predicted molar refractivity (Wildman–Crippen MR) is 77.6 cm³/mol. The molecule has 0 aliphatic heterocycles. The standard InChI is InChI=1S/C14H33N3/c1-7-10-15-14(8-2)12-17(9-3)13(4)11-16(5)6/h13-15H,7-12H2,1-6H3. The van der Waals surface area contributed by atoms with Crippen molar-refractivity contribution in [3.63, 3.8) is 0 Å². The van der Waals surface area contributed by atoms with Crippen molar-refractivity contribution in [1.29, 1.82) is 0 Å². The van der Waals surface area contributed by atoms with Gasteiger partial charge in [-0.05, 0) is 47.0 Å². The van der Waals surface area contributed by atoms with Crippen LogP contribution in [0.4, 0.5) is 0 Å². The Bertz CT molecular complexity index is 171. The largest absolute Gasteiger partial charge is 0.313 e. The Hall–Kier alpha value is -0.120. The summed E-state index contributed by atoms with van der Waals surface area (Å²) in [5.41, 5.74) is 0. The third kappa shape index (κ3) is 7.74. The first-order chi connectivity index (χ1) is 8.04. The van der Waals surface area contributed by atoms with Crippen LogP contribution < -0.4 is 5.32 Å². The van der Waals surface area contributed by atoms with Crippen molar-refractivity contribution < 1.29 is 0 Å². The highest BCUT2D eigenvalue weighted by Crippen LogP contribution is 2.04. The normalized spacial score (nSPS) is 15.5. The van der Waals surface area contributed by atoms with Gasteiger partial charge in [0.1, 0.15) is 0 Å². The average molecular weight is 243 g/mol. The number of likely N-dealkylation sites (N-methyl/N-ethyl adjacent to an activating group) is 2. The van der Waals surface area contributed by atoms with Crippen molar-refractivity contribution in [2.75, 3.05) is 40.3 Å². The lowest BCUT2D eigenvalue weighted by atomic mass is 10.1. The molecule has 0 heterocycles. The summed E-state index contributed by atoms with van der Waals surface area (Å²) in [6.07, 6.45) is 2.43. The second-order valence-electron chi connectivity index (χ2n) is 5.26. The van der Waals surface area contributed by atoms with Crippen molar-refractivity contribution in [3.05, 3.63) is 0 Å². The summed E-state index contributed by atoms with van der Waals surface area (Å²) in [7, 11) is 4.30. The van der Waals surface area contributed by atoms with Gasteiger partial charge in [-0.2, -0.15) is 0 Å². The summed E-state index contributed by atoms with van der Waals surface area (Å²) < 4.78 is 0. The van der Waals surface area contributed by atoms with Crippen molar-refractivity contribution in [2.45, 2.75) is 52.6 Å². The maximum Gasteiger partial charge on any atom is 0.0195 e. The molecule has 2 unspecified atom stereocenters. The number of hydrogen-bond acceptors (Lipinski definition) is 3. The Morgan fingerprint density at radius 2 is 1.71 bits per heavy atom. The van der Waals surface area contributed by atoms with Crippen LogP contribution in [0.3, 0.4) is 0 Å². The molecule has 0 aliphatic carbocycles. The maximum atomic E-state index is 3.64. The molecule has 104 valence electrons. The van der Waals surface area contributed by atoms with E-state index in [-0.39, 0.29) is 0 Å². The topological polar surface area (TPSA) is 18.5 Å². The Morgan fingerprint density at radius 3 is 2.12 bits per heavy atom. The lowest BCUT2D eigenvalue weighted by molar-refractivity contribution is 0.163. The molecule has 1 N–H and O–H groups in total. The van der Waals surface area contributed by atoms with Gasteiger partial charge >= 0.3 is 0 Å². The monoisotopic (exact) mass is 243 g/mol. The van der Waals surface area contributed by atoms with Crippen molar-refractivity contribution in [2.24, 2.45) is 0 Å². The van der Waals surface area contributed by atoms with Crippen LogP contribution in [-0.2, 0) is 0 Å². The Morgan fingerprint density at radius 1 is 1.06 bits per heavy atom. The molecule has 0 aromatic heterocycles. The minimum atomic E-state index is 0.632. The maximum absolute atomic E-state index is 3.64. The van der Waals surface area contributed by atoms with Crippen LogP contribution in [0.2, 0.25) is 0 Å². The van der Waals surface area contributed by atoms with Gasteiger partial charge in [0.15, 0.2) is 0 Å². The second-order valence-corrected chi connectivity index (χ2v) is 5.26. The van der Waals surface area contributed by atoms with E-state index < -0.39 is 0 Å². The molecule has 0 saturated carbocycles. The van der Waals surface area contributed by atoms with Gasteiger partial charge in [0.2, 0.25) is 0 Å². The molecule has 0 radical (unpaired) electrons. The number of hydrogen-bond donors (Lipinski definition) is 1. The molecule has 2 atom stereocenters. The Labute approximate surface area is 109 Å². The summed E-state index contributed by atoms with van der Waals surface area (Å²) >= 11 is 0. The van der Waals surface area contributed by atoms with E-state index in [1.165, 1.54) is 19.4 Å². The van der Waals surface area contributed by atoms with Crippen LogP contribution in [0.5, 0.6) is 0 Å². The van der Waals surface area contributed by atoms with Gasteiger partial charge in [-0.3, -0.25) is 4.90 Å². The lowest BCUT2D eigenvalue weighted by Gasteiger charge is -2.33. The van der Waals surface area contributed by atoms with E-state index in [4.69, 9.17) is 0 Å². The molecular weight excluding hydrogens is 210 g/mol. The highest BCUT2D eigenvalue weighted by Gasteiger charge is 2.16.